The van der Waals surface area contributed by atoms with Crippen LogP contribution in [0.3, 0.4) is 0 Å². The number of nitrogens with zero attached hydrogens (tertiary/aromatic N) is 3. The predicted molar refractivity (Wildman–Crippen MR) is 108 cm³/mol. The summed E-state index contributed by atoms with van der Waals surface area (Å²) in [6.45, 7) is 8.34. The molecule has 0 aliphatic carbocycles. The van der Waals surface area contributed by atoms with E-state index in [1.807, 2.05) is 0 Å². The van der Waals surface area contributed by atoms with Gasteiger partial charge in [-0.05, 0) is 42.5 Å². The van der Waals surface area contributed by atoms with Crippen molar-refractivity contribution in [3.05, 3.63) is 24.3 Å². The van der Waals surface area contributed by atoms with Crippen LogP contribution in [0.1, 0.15) is 20.3 Å². The number of hydrogen-bond acceptors (Lipinski definition) is 5. The summed E-state index contributed by atoms with van der Waals surface area (Å²) >= 11 is 0. The summed E-state index contributed by atoms with van der Waals surface area (Å²) in [5.41, 5.74) is 0. The smallest absolute Gasteiger partial charge is 0.243 e. The highest BCUT2D eigenvalue weighted by Crippen LogP contribution is 2.22. The molecule has 0 N–H and O–H groups in total. The van der Waals surface area contributed by atoms with Gasteiger partial charge in [0.1, 0.15) is 5.75 Å². The van der Waals surface area contributed by atoms with E-state index >= 15 is 0 Å². The molecule has 3 rings (SSSR count). The molecule has 0 bridgehead atoms. The summed E-state index contributed by atoms with van der Waals surface area (Å²) < 4.78 is 32.2. The molecular weight excluding hydrogens is 378 g/mol. The Kier molecular flexibility index (Phi) is 6.62. The van der Waals surface area contributed by atoms with Crippen LogP contribution >= 0.6 is 0 Å². The fraction of sp³-hybridized carbons (Fsp3) is 0.650. The number of piperazine rings is 1. The fourth-order valence-electron chi connectivity index (χ4n) is 4.29. The highest BCUT2D eigenvalue weighted by Gasteiger charge is 2.31. The molecule has 0 saturated carbocycles. The van der Waals surface area contributed by atoms with Crippen LogP contribution in [-0.2, 0) is 14.8 Å². The van der Waals surface area contributed by atoms with E-state index in [1.54, 1.807) is 36.3 Å². The van der Waals surface area contributed by atoms with Crippen LogP contribution in [0.25, 0.3) is 0 Å². The molecule has 8 heteroatoms. The van der Waals surface area contributed by atoms with Crippen LogP contribution in [-0.4, -0.2) is 81.4 Å². The minimum Gasteiger partial charge on any atom is -0.497 e. The van der Waals surface area contributed by atoms with Crippen molar-refractivity contribution < 1.29 is 17.9 Å². The zero-order valence-electron chi connectivity index (χ0n) is 17.0. The van der Waals surface area contributed by atoms with Crippen LogP contribution in [0.15, 0.2) is 29.2 Å². The average molecular weight is 410 g/mol. The Balaban J connectivity index is 1.55. The monoisotopic (exact) mass is 409 g/mol. The van der Waals surface area contributed by atoms with Gasteiger partial charge in [-0.25, -0.2) is 8.42 Å². The van der Waals surface area contributed by atoms with Crippen molar-refractivity contribution in [3.63, 3.8) is 0 Å². The van der Waals surface area contributed by atoms with Gasteiger partial charge >= 0.3 is 0 Å². The van der Waals surface area contributed by atoms with Gasteiger partial charge in [-0.2, -0.15) is 4.31 Å². The van der Waals surface area contributed by atoms with Gasteiger partial charge in [0.15, 0.2) is 0 Å². The van der Waals surface area contributed by atoms with E-state index in [0.29, 0.717) is 50.3 Å². The van der Waals surface area contributed by atoms with Crippen LogP contribution in [0.5, 0.6) is 5.75 Å². The van der Waals surface area contributed by atoms with Crippen LogP contribution in [0.2, 0.25) is 0 Å². The van der Waals surface area contributed by atoms with Crippen LogP contribution in [0, 0.1) is 11.8 Å². The Bertz CT molecular complexity index is 763. The molecule has 28 heavy (non-hydrogen) atoms. The van der Waals surface area contributed by atoms with Crippen molar-refractivity contribution in [1.29, 1.82) is 0 Å². The van der Waals surface area contributed by atoms with Gasteiger partial charge in [0, 0.05) is 39.3 Å². The van der Waals surface area contributed by atoms with Crippen molar-refractivity contribution in [2.45, 2.75) is 25.2 Å². The Labute approximate surface area is 168 Å². The fourth-order valence-corrected chi connectivity index (χ4v) is 5.71. The normalized spacial score (nSPS) is 24.9. The maximum Gasteiger partial charge on any atom is 0.243 e. The lowest BCUT2D eigenvalue weighted by Gasteiger charge is -2.38. The summed E-state index contributed by atoms with van der Waals surface area (Å²) in [5.74, 6) is 1.95. The number of sulfonamides is 1. The number of methoxy groups -OCH3 is 1. The zero-order valence-corrected chi connectivity index (χ0v) is 17.8. The quantitative estimate of drug-likeness (QED) is 0.737. The third-order valence-corrected chi connectivity index (χ3v) is 7.50. The number of benzene rings is 1. The first-order chi connectivity index (χ1) is 13.3. The molecule has 0 radical (unpaired) electrons. The van der Waals surface area contributed by atoms with Crippen LogP contribution in [0.4, 0.5) is 0 Å². The third-order valence-electron chi connectivity index (χ3n) is 5.59. The molecule has 1 amide bonds. The number of piperidine rings is 1. The second kappa shape index (κ2) is 8.80. The van der Waals surface area contributed by atoms with Gasteiger partial charge in [0.05, 0.1) is 18.6 Å². The number of ether oxygens (including phenoxy) is 1. The lowest BCUT2D eigenvalue weighted by molar-refractivity contribution is -0.134. The SMILES string of the molecule is COc1ccc(S(=O)(=O)N2CCN(C(=O)CN3C[C@H](C)C[C@H](C)C3)CC2)cc1. The first-order valence-electron chi connectivity index (χ1n) is 9.94. The molecule has 2 atom stereocenters. The molecule has 0 spiro atoms. The van der Waals surface area contributed by atoms with Gasteiger partial charge in [-0.3, -0.25) is 9.69 Å². The lowest BCUT2D eigenvalue weighted by Crippen LogP contribution is -2.53. The van der Waals surface area contributed by atoms with Crippen molar-refractivity contribution in [3.8, 4) is 5.75 Å². The minimum atomic E-state index is -3.55. The molecule has 2 saturated heterocycles. The first-order valence-corrected chi connectivity index (χ1v) is 11.4. The molecule has 0 unspecified atom stereocenters. The van der Waals surface area contributed by atoms with E-state index in [2.05, 4.69) is 18.7 Å². The van der Waals surface area contributed by atoms with E-state index in [9.17, 15) is 13.2 Å². The van der Waals surface area contributed by atoms with Gasteiger partial charge in [-0.15, -0.1) is 0 Å². The Morgan fingerprint density at radius 3 is 2.14 bits per heavy atom. The topological polar surface area (TPSA) is 70.2 Å². The van der Waals surface area contributed by atoms with Gasteiger partial charge in [0.2, 0.25) is 15.9 Å². The number of amides is 1. The van der Waals surface area contributed by atoms with Gasteiger partial charge in [-0.1, -0.05) is 13.8 Å². The molecule has 156 valence electrons. The Morgan fingerprint density at radius 2 is 1.61 bits per heavy atom. The second-order valence-corrected chi connectivity index (χ2v) is 10.0. The van der Waals surface area contributed by atoms with Crippen molar-refractivity contribution in [1.82, 2.24) is 14.1 Å². The molecule has 2 aliphatic rings. The lowest BCUT2D eigenvalue weighted by atomic mass is 9.92. The molecule has 1 aromatic rings. The van der Waals surface area contributed by atoms with Crippen molar-refractivity contribution in [2.75, 3.05) is 52.9 Å². The van der Waals surface area contributed by atoms with Crippen LogP contribution < -0.4 is 4.74 Å². The van der Waals surface area contributed by atoms with E-state index < -0.39 is 10.0 Å². The number of hydrogen-bond donors (Lipinski definition) is 0. The molecule has 7 nitrogen and oxygen atoms in total. The first kappa shape index (κ1) is 21.1. The van der Waals surface area contributed by atoms with E-state index in [1.165, 1.54) is 10.7 Å². The van der Waals surface area contributed by atoms with Crippen molar-refractivity contribution >= 4 is 15.9 Å². The number of carbonyl (C=O) groups excluding carboxylic acids is 1. The Morgan fingerprint density at radius 1 is 1.04 bits per heavy atom. The number of rotatable bonds is 5. The largest absolute Gasteiger partial charge is 0.497 e. The maximum absolute atomic E-state index is 12.8. The maximum atomic E-state index is 12.8. The molecule has 1 aromatic carbocycles. The molecule has 0 aromatic heterocycles. The minimum absolute atomic E-state index is 0.0998. The predicted octanol–water partition coefficient (Wildman–Crippen LogP) is 1.51. The van der Waals surface area contributed by atoms with Gasteiger partial charge in [0.25, 0.3) is 0 Å². The summed E-state index contributed by atoms with van der Waals surface area (Å²) in [4.78, 5) is 17.0. The average Bonchev–Trinajstić information content (AvgIpc) is 2.67. The molecule has 2 fully saturated rings. The van der Waals surface area contributed by atoms with E-state index in [0.717, 1.165) is 13.1 Å². The summed E-state index contributed by atoms with van der Waals surface area (Å²) in [6.07, 6.45) is 1.21. The molecular formula is C20H31N3O4S. The highest BCUT2D eigenvalue weighted by molar-refractivity contribution is 7.89. The summed E-state index contributed by atoms with van der Waals surface area (Å²) in [7, 11) is -2.00. The van der Waals surface area contributed by atoms with Gasteiger partial charge < -0.3 is 9.64 Å². The number of likely N-dealkylation sites (tertiary alicyclic amines) is 1. The van der Waals surface area contributed by atoms with E-state index in [-0.39, 0.29) is 10.8 Å². The second-order valence-electron chi connectivity index (χ2n) is 8.10. The number of carbonyl (C=O) groups is 1. The zero-order chi connectivity index (χ0) is 20.3. The Hall–Kier alpha value is -1.64. The van der Waals surface area contributed by atoms with Crippen molar-refractivity contribution in [2.24, 2.45) is 11.8 Å². The highest BCUT2D eigenvalue weighted by atomic mass is 32.2. The standard InChI is InChI=1S/C20H31N3O4S/c1-16-12-17(2)14-21(13-16)15-20(24)22-8-10-23(11-9-22)28(25,26)19-6-4-18(27-3)5-7-19/h4-7,16-17H,8-15H2,1-3H3/t16-,17+. The summed E-state index contributed by atoms with van der Waals surface area (Å²) in [6, 6.07) is 6.41. The summed E-state index contributed by atoms with van der Waals surface area (Å²) in [5, 5.41) is 0. The molecule has 2 heterocycles. The third kappa shape index (κ3) is 4.85. The molecule has 2 aliphatic heterocycles. The van der Waals surface area contributed by atoms with E-state index in [4.69, 9.17) is 4.74 Å².